The van der Waals surface area contributed by atoms with Crippen LogP contribution in [0.5, 0.6) is 0 Å². The molecule has 0 atom stereocenters. The highest BCUT2D eigenvalue weighted by atomic mass is 32.2. The molecule has 1 aromatic rings. The molecule has 0 aliphatic heterocycles. The van der Waals surface area contributed by atoms with Crippen LogP contribution in [0.3, 0.4) is 0 Å². The van der Waals surface area contributed by atoms with Crippen LogP contribution < -0.4 is 15.8 Å². The lowest BCUT2D eigenvalue weighted by atomic mass is 10.1. The van der Waals surface area contributed by atoms with Crippen molar-refractivity contribution in [3.8, 4) is 0 Å². The van der Waals surface area contributed by atoms with Crippen LogP contribution in [0, 0.1) is 6.92 Å². The van der Waals surface area contributed by atoms with E-state index in [1.165, 1.54) is 7.05 Å². The monoisotopic (exact) mass is 271 g/mol. The maximum atomic E-state index is 11.7. The van der Waals surface area contributed by atoms with E-state index >= 15 is 0 Å². The fourth-order valence-electron chi connectivity index (χ4n) is 1.45. The maximum absolute atomic E-state index is 11.7. The third kappa shape index (κ3) is 4.34. The Kier molecular flexibility index (Phi) is 4.69. The van der Waals surface area contributed by atoms with Gasteiger partial charge < -0.3 is 11.1 Å². The molecule has 1 rings (SSSR count). The van der Waals surface area contributed by atoms with E-state index in [2.05, 4.69) is 10.0 Å². The van der Waals surface area contributed by atoms with Gasteiger partial charge in [-0.25, -0.2) is 13.1 Å². The molecule has 100 valence electrons. The minimum atomic E-state index is -3.30. The summed E-state index contributed by atoms with van der Waals surface area (Å²) in [7, 11) is -1.97. The van der Waals surface area contributed by atoms with E-state index < -0.39 is 10.0 Å². The van der Waals surface area contributed by atoms with Gasteiger partial charge in [0.1, 0.15) is 0 Å². The predicted molar refractivity (Wildman–Crippen MR) is 70.8 cm³/mol. The number of carbonyl (C=O) groups excluding carboxylic acids is 1. The summed E-state index contributed by atoms with van der Waals surface area (Å²) in [4.78, 5) is 11.7. The van der Waals surface area contributed by atoms with Crippen molar-refractivity contribution in [3.63, 3.8) is 0 Å². The molecule has 0 spiro atoms. The Morgan fingerprint density at radius 1 is 1.33 bits per heavy atom. The molecule has 7 heteroatoms. The molecule has 0 aliphatic rings. The molecule has 0 heterocycles. The fraction of sp³-hybridized carbons (Fsp3) is 0.364. The van der Waals surface area contributed by atoms with Crippen LogP contribution in [-0.2, 0) is 10.0 Å². The van der Waals surface area contributed by atoms with Gasteiger partial charge in [-0.15, -0.1) is 0 Å². The van der Waals surface area contributed by atoms with Gasteiger partial charge >= 0.3 is 0 Å². The van der Waals surface area contributed by atoms with Crippen LogP contribution in [0.15, 0.2) is 18.2 Å². The molecule has 0 saturated heterocycles. The second-order valence-electron chi connectivity index (χ2n) is 3.91. The zero-order valence-corrected chi connectivity index (χ0v) is 11.2. The first-order valence-electron chi connectivity index (χ1n) is 5.40. The first-order chi connectivity index (χ1) is 8.34. The van der Waals surface area contributed by atoms with Gasteiger partial charge in [0.25, 0.3) is 5.91 Å². The van der Waals surface area contributed by atoms with Gasteiger partial charge in [-0.2, -0.15) is 0 Å². The number of amides is 1. The number of benzene rings is 1. The lowest BCUT2D eigenvalue weighted by Crippen LogP contribution is -2.33. The number of nitrogens with one attached hydrogen (secondary N) is 2. The number of sulfonamides is 1. The molecule has 1 aromatic carbocycles. The molecule has 1 amide bonds. The fourth-order valence-corrected chi connectivity index (χ4v) is 2.02. The third-order valence-corrected chi connectivity index (χ3v) is 3.69. The van der Waals surface area contributed by atoms with Crippen LogP contribution in [0.4, 0.5) is 5.69 Å². The summed E-state index contributed by atoms with van der Waals surface area (Å²) in [6, 6.07) is 5.00. The van der Waals surface area contributed by atoms with Crippen molar-refractivity contribution in [3.05, 3.63) is 29.3 Å². The summed E-state index contributed by atoms with van der Waals surface area (Å²) in [6.07, 6.45) is 0. The zero-order valence-electron chi connectivity index (χ0n) is 10.4. The summed E-state index contributed by atoms with van der Waals surface area (Å²) in [6.45, 7) is 1.88. The Labute approximate surface area is 107 Å². The lowest BCUT2D eigenvalue weighted by molar-refractivity contribution is 0.0956. The molecular weight excluding hydrogens is 254 g/mol. The van der Waals surface area contributed by atoms with Crippen LogP contribution in [0.25, 0.3) is 0 Å². The standard InChI is InChI=1S/C11H17N3O3S/c1-8-5-9(7-10(12)6-8)11(15)14-3-4-18(16,17)13-2/h5-7,13H,3-4,12H2,1-2H3,(H,14,15). The van der Waals surface area contributed by atoms with E-state index in [1.54, 1.807) is 18.2 Å². The summed E-state index contributed by atoms with van der Waals surface area (Å²) in [5.41, 5.74) is 7.44. The number of anilines is 1. The van der Waals surface area contributed by atoms with Crippen LogP contribution in [-0.4, -0.2) is 33.7 Å². The van der Waals surface area contributed by atoms with Crippen molar-refractivity contribution in [1.82, 2.24) is 10.0 Å². The molecule has 0 fully saturated rings. The number of nitrogen functional groups attached to an aromatic ring is 1. The summed E-state index contributed by atoms with van der Waals surface area (Å²) < 4.78 is 24.5. The number of nitrogens with two attached hydrogens (primary N) is 1. The van der Waals surface area contributed by atoms with Crippen molar-refractivity contribution >= 4 is 21.6 Å². The smallest absolute Gasteiger partial charge is 0.251 e. The molecule has 0 radical (unpaired) electrons. The number of aryl methyl sites for hydroxylation is 1. The Hall–Kier alpha value is -1.60. The molecule has 4 N–H and O–H groups in total. The first kappa shape index (κ1) is 14.5. The van der Waals surface area contributed by atoms with E-state index in [1.807, 2.05) is 6.92 Å². The Morgan fingerprint density at radius 3 is 2.56 bits per heavy atom. The van der Waals surface area contributed by atoms with Gasteiger partial charge in [-0.05, 0) is 37.7 Å². The van der Waals surface area contributed by atoms with E-state index in [0.717, 1.165) is 5.56 Å². The van der Waals surface area contributed by atoms with Crippen molar-refractivity contribution in [1.29, 1.82) is 0 Å². The molecule has 0 aromatic heterocycles. The van der Waals surface area contributed by atoms with E-state index in [4.69, 9.17) is 5.73 Å². The molecule has 18 heavy (non-hydrogen) atoms. The second kappa shape index (κ2) is 5.83. The van der Waals surface area contributed by atoms with Crippen LogP contribution in [0.1, 0.15) is 15.9 Å². The van der Waals surface area contributed by atoms with Crippen molar-refractivity contribution < 1.29 is 13.2 Å². The molecule has 0 aliphatic carbocycles. The van der Waals surface area contributed by atoms with Gasteiger partial charge in [0.2, 0.25) is 10.0 Å². The zero-order chi connectivity index (χ0) is 13.8. The van der Waals surface area contributed by atoms with Gasteiger partial charge in [0.05, 0.1) is 5.75 Å². The Morgan fingerprint density at radius 2 is 2.00 bits per heavy atom. The van der Waals surface area contributed by atoms with E-state index in [-0.39, 0.29) is 18.2 Å². The number of hydrogen-bond acceptors (Lipinski definition) is 4. The average molecular weight is 271 g/mol. The van der Waals surface area contributed by atoms with Gasteiger partial charge in [-0.1, -0.05) is 0 Å². The van der Waals surface area contributed by atoms with Crippen molar-refractivity contribution in [2.45, 2.75) is 6.92 Å². The van der Waals surface area contributed by atoms with Crippen molar-refractivity contribution in [2.75, 3.05) is 25.1 Å². The first-order valence-corrected chi connectivity index (χ1v) is 7.06. The largest absolute Gasteiger partial charge is 0.399 e. The molecule has 0 saturated carbocycles. The van der Waals surface area contributed by atoms with Gasteiger partial charge in [0, 0.05) is 17.8 Å². The van der Waals surface area contributed by atoms with Gasteiger partial charge in [-0.3, -0.25) is 4.79 Å². The normalized spacial score (nSPS) is 11.2. The number of carbonyl (C=O) groups is 1. The van der Waals surface area contributed by atoms with E-state index in [9.17, 15) is 13.2 Å². The number of hydrogen-bond donors (Lipinski definition) is 3. The van der Waals surface area contributed by atoms with Crippen LogP contribution in [0.2, 0.25) is 0 Å². The second-order valence-corrected chi connectivity index (χ2v) is 5.96. The minimum absolute atomic E-state index is 0.0514. The summed E-state index contributed by atoms with van der Waals surface area (Å²) in [5.74, 6) is -0.493. The lowest BCUT2D eigenvalue weighted by Gasteiger charge is -2.07. The average Bonchev–Trinajstić information content (AvgIpc) is 2.27. The Balaban J connectivity index is 2.61. The quantitative estimate of drug-likeness (QED) is 0.648. The summed E-state index contributed by atoms with van der Waals surface area (Å²) >= 11 is 0. The topological polar surface area (TPSA) is 101 Å². The maximum Gasteiger partial charge on any atom is 0.251 e. The van der Waals surface area contributed by atoms with Crippen molar-refractivity contribution in [2.24, 2.45) is 0 Å². The third-order valence-electron chi connectivity index (χ3n) is 2.33. The summed E-state index contributed by atoms with van der Waals surface area (Å²) in [5, 5.41) is 2.53. The van der Waals surface area contributed by atoms with E-state index in [0.29, 0.717) is 11.3 Å². The minimum Gasteiger partial charge on any atom is -0.399 e. The number of rotatable bonds is 5. The molecular formula is C11H17N3O3S. The Bertz CT molecular complexity index is 520. The molecule has 0 unspecified atom stereocenters. The SMILES string of the molecule is CNS(=O)(=O)CCNC(=O)c1cc(C)cc(N)c1. The highest BCUT2D eigenvalue weighted by molar-refractivity contribution is 7.89. The predicted octanol–water partition coefficient (Wildman–Crippen LogP) is -0.144. The van der Waals surface area contributed by atoms with Crippen LogP contribution >= 0.6 is 0 Å². The highest BCUT2D eigenvalue weighted by Crippen LogP contribution is 2.10. The molecule has 6 nitrogen and oxygen atoms in total. The molecule has 0 bridgehead atoms. The van der Waals surface area contributed by atoms with Gasteiger partial charge in [0.15, 0.2) is 0 Å². The highest BCUT2D eigenvalue weighted by Gasteiger charge is 2.10.